The van der Waals surface area contributed by atoms with Gasteiger partial charge in [-0.3, -0.25) is 4.79 Å². The van der Waals surface area contributed by atoms with Crippen LogP contribution in [0.1, 0.15) is 19.4 Å². The normalized spacial score (nSPS) is 12.3. The third-order valence-corrected chi connectivity index (χ3v) is 2.52. The van der Waals surface area contributed by atoms with Gasteiger partial charge in [-0.2, -0.15) is 0 Å². The number of carbonyl (C=O) groups is 1. The van der Waals surface area contributed by atoms with Crippen molar-refractivity contribution in [3.8, 4) is 0 Å². The van der Waals surface area contributed by atoms with Gasteiger partial charge in [0.15, 0.2) is 0 Å². The van der Waals surface area contributed by atoms with Gasteiger partial charge in [0.2, 0.25) is 5.91 Å². The van der Waals surface area contributed by atoms with E-state index in [2.05, 4.69) is 0 Å². The lowest BCUT2D eigenvalue weighted by Crippen LogP contribution is -2.36. The molecule has 0 saturated heterocycles. The molecule has 0 aliphatic rings. The average Bonchev–Trinajstić information content (AvgIpc) is 2.21. The van der Waals surface area contributed by atoms with E-state index in [1.54, 1.807) is 11.8 Å². The number of halogens is 1. The molecule has 15 heavy (non-hydrogen) atoms. The van der Waals surface area contributed by atoms with Gasteiger partial charge >= 0.3 is 0 Å². The molecule has 1 aromatic carbocycles. The molecular weight excluding hydrogens is 210 g/mol. The van der Waals surface area contributed by atoms with Gasteiger partial charge in [-0.25, -0.2) is 0 Å². The maximum Gasteiger partial charge on any atom is 0.244 e. The van der Waals surface area contributed by atoms with Crippen LogP contribution in [-0.2, 0) is 4.79 Å². The number of carbonyl (C=O) groups excluding carboxylic acids is 1. The van der Waals surface area contributed by atoms with E-state index < -0.39 is 5.38 Å². The van der Waals surface area contributed by atoms with Crippen molar-refractivity contribution in [3.63, 3.8) is 0 Å². The van der Waals surface area contributed by atoms with Crippen molar-refractivity contribution in [2.75, 3.05) is 11.4 Å². The molecule has 0 aliphatic heterocycles. The van der Waals surface area contributed by atoms with Crippen molar-refractivity contribution < 1.29 is 4.79 Å². The van der Waals surface area contributed by atoms with Crippen LogP contribution in [0.25, 0.3) is 0 Å². The summed E-state index contributed by atoms with van der Waals surface area (Å²) < 4.78 is 0. The summed E-state index contributed by atoms with van der Waals surface area (Å²) >= 11 is 5.81. The Labute approximate surface area is 95.8 Å². The highest BCUT2D eigenvalue weighted by molar-refractivity contribution is 6.32. The van der Waals surface area contributed by atoms with Crippen LogP contribution in [0, 0.1) is 6.92 Å². The minimum atomic E-state index is -0.482. The summed E-state index contributed by atoms with van der Waals surface area (Å²) in [5.74, 6) is -0.0477. The SMILES string of the molecule is CCN(C(=O)C(C)Cl)c1ccccc1C. The zero-order valence-electron chi connectivity index (χ0n) is 9.33. The van der Waals surface area contributed by atoms with Crippen molar-refractivity contribution in [2.45, 2.75) is 26.1 Å². The van der Waals surface area contributed by atoms with Crippen LogP contribution in [0.2, 0.25) is 0 Å². The Morgan fingerprint density at radius 3 is 2.53 bits per heavy atom. The summed E-state index contributed by atoms with van der Waals surface area (Å²) in [5.41, 5.74) is 2.03. The fourth-order valence-corrected chi connectivity index (χ4v) is 1.64. The van der Waals surface area contributed by atoms with Gasteiger partial charge < -0.3 is 4.90 Å². The van der Waals surface area contributed by atoms with Gasteiger partial charge in [0.25, 0.3) is 0 Å². The molecule has 3 heteroatoms. The van der Waals surface area contributed by atoms with E-state index in [4.69, 9.17) is 11.6 Å². The molecule has 2 nitrogen and oxygen atoms in total. The predicted octanol–water partition coefficient (Wildman–Crippen LogP) is 2.98. The molecule has 0 N–H and O–H groups in total. The number of anilines is 1. The third kappa shape index (κ3) is 2.72. The van der Waals surface area contributed by atoms with Gasteiger partial charge in [0.05, 0.1) is 0 Å². The van der Waals surface area contributed by atoms with E-state index in [-0.39, 0.29) is 5.91 Å². The average molecular weight is 226 g/mol. The minimum absolute atomic E-state index is 0.0477. The molecule has 1 rings (SSSR count). The molecule has 1 unspecified atom stereocenters. The molecule has 0 aliphatic carbocycles. The topological polar surface area (TPSA) is 20.3 Å². The quantitative estimate of drug-likeness (QED) is 0.725. The maximum atomic E-state index is 11.8. The Morgan fingerprint density at radius 1 is 1.47 bits per heavy atom. The molecule has 0 saturated carbocycles. The summed E-state index contributed by atoms with van der Waals surface area (Å²) in [6.07, 6.45) is 0. The van der Waals surface area contributed by atoms with Gasteiger partial charge in [-0.05, 0) is 32.4 Å². The van der Waals surface area contributed by atoms with Crippen LogP contribution >= 0.6 is 11.6 Å². The Balaban J connectivity index is 3.03. The molecule has 0 aromatic heterocycles. The molecule has 0 heterocycles. The third-order valence-electron chi connectivity index (χ3n) is 2.33. The van der Waals surface area contributed by atoms with E-state index >= 15 is 0 Å². The zero-order chi connectivity index (χ0) is 11.4. The van der Waals surface area contributed by atoms with E-state index in [1.165, 1.54) is 0 Å². The van der Waals surface area contributed by atoms with Gasteiger partial charge in [-0.1, -0.05) is 18.2 Å². The molecule has 1 aromatic rings. The van der Waals surface area contributed by atoms with Crippen LogP contribution in [0.15, 0.2) is 24.3 Å². The highest BCUT2D eigenvalue weighted by atomic mass is 35.5. The lowest BCUT2D eigenvalue weighted by atomic mass is 10.1. The first-order valence-electron chi connectivity index (χ1n) is 5.09. The molecule has 0 spiro atoms. The Bertz CT molecular complexity index is 349. The smallest absolute Gasteiger partial charge is 0.244 e. The molecule has 0 radical (unpaired) electrons. The van der Waals surface area contributed by atoms with E-state index in [9.17, 15) is 4.79 Å². The molecular formula is C12H16ClNO. The number of hydrogen-bond donors (Lipinski definition) is 0. The number of hydrogen-bond acceptors (Lipinski definition) is 1. The van der Waals surface area contributed by atoms with E-state index in [0.29, 0.717) is 6.54 Å². The second-order valence-electron chi connectivity index (χ2n) is 3.48. The van der Waals surface area contributed by atoms with Crippen molar-refractivity contribution in [1.29, 1.82) is 0 Å². The van der Waals surface area contributed by atoms with Crippen LogP contribution in [-0.4, -0.2) is 17.8 Å². The maximum absolute atomic E-state index is 11.8. The fourth-order valence-electron chi connectivity index (χ4n) is 1.53. The lowest BCUT2D eigenvalue weighted by molar-refractivity contribution is -0.118. The lowest BCUT2D eigenvalue weighted by Gasteiger charge is -2.23. The summed E-state index contributed by atoms with van der Waals surface area (Å²) in [6, 6.07) is 7.82. The Morgan fingerprint density at radius 2 is 2.07 bits per heavy atom. The number of rotatable bonds is 3. The van der Waals surface area contributed by atoms with Crippen molar-refractivity contribution in [1.82, 2.24) is 0 Å². The number of para-hydroxylation sites is 1. The van der Waals surface area contributed by atoms with Crippen LogP contribution in [0.4, 0.5) is 5.69 Å². The van der Waals surface area contributed by atoms with Crippen molar-refractivity contribution >= 4 is 23.2 Å². The summed E-state index contributed by atoms with van der Waals surface area (Å²) in [5, 5.41) is -0.482. The highest BCUT2D eigenvalue weighted by Crippen LogP contribution is 2.20. The highest BCUT2D eigenvalue weighted by Gasteiger charge is 2.19. The second-order valence-corrected chi connectivity index (χ2v) is 4.14. The summed E-state index contributed by atoms with van der Waals surface area (Å²) in [7, 11) is 0. The zero-order valence-corrected chi connectivity index (χ0v) is 10.1. The molecule has 0 bridgehead atoms. The fraction of sp³-hybridized carbons (Fsp3) is 0.417. The van der Waals surface area contributed by atoms with Gasteiger partial charge in [0.1, 0.15) is 5.38 Å². The van der Waals surface area contributed by atoms with Crippen molar-refractivity contribution in [2.24, 2.45) is 0 Å². The Hall–Kier alpha value is -1.02. The molecule has 1 atom stereocenters. The van der Waals surface area contributed by atoms with E-state index in [1.807, 2.05) is 38.1 Å². The van der Waals surface area contributed by atoms with E-state index in [0.717, 1.165) is 11.3 Å². The number of benzene rings is 1. The summed E-state index contributed by atoms with van der Waals surface area (Å²) in [6.45, 7) is 6.28. The first-order valence-corrected chi connectivity index (χ1v) is 5.52. The minimum Gasteiger partial charge on any atom is -0.311 e. The van der Waals surface area contributed by atoms with Gasteiger partial charge in [-0.15, -0.1) is 11.6 Å². The van der Waals surface area contributed by atoms with Crippen LogP contribution < -0.4 is 4.90 Å². The number of amides is 1. The second kappa shape index (κ2) is 5.17. The summed E-state index contributed by atoms with van der Waals surface area (Å²) in [4.78, 5) is 13.5. The molecule has 1 amide bonds. The standard InChI is InChI=1S/C12H16ClNO/c1-4-14(12(15)10(3)13)11-8-6-5-7-9(11)2/h5-8,10H,4H2,1-3H3. The predicted molar refractivity (Wildman–Crippen MR) is 64.5 cm³/mol. The van der Waals surface area contributed by atoms with Crippen LogP contribution in [0.3, 0.4) is 0 Å². The van der Waals surface area contributed by atoms with Gasteiger partial charge in [0, 0.05) is 12.2 Å². The molecule has 82 valence electrons. The first kappa shape index (κ1) is 12.1. The number of aryl methyl sites for hydroxylation is 1. The monoisotopic (exact) mass is 225 g/mol. The number of alkyl halides is 1. The Kier molecular flexibility index (Phi) is 4.15. The largest absolute Gasteiger partial charge is 0.311 e. The molecule has 0 fully saturated rings. The number of nitrogens with zero attached hydrogens (tertiary/aromatic N) is 1. The van der Waals surface area contributed by atoms with Crippen LogP contribution in [0.5, 0.6) is 0 Å². The first-order chi connectivity index (χ1) is 7.07. The van der Waals surface area contributed by atoms with Crippen molar-refractivity contribution in [3.05, 3.63) is 29.8 Å².